The van der Waals surface area contributed by atoms with Gasteiger partial charge in [0.2, 0.25) is 0 Å². The van der Waals surface area contributed by atoms with E-state index < -0.39 is 5.60 Å². The van der Waals surface area contributed by atoms with E-state index in [9.17, 15) is 9.90 Å². The van der Waals surface area contributed by atoms with Gasteiger partial charge in [0, 0.05) is 31.9 Å². The second-order valence-electron chi connectivity index (χ2n) is 7.01. The minimum atomic E-state index is -0.911. The highest BCUT2D eigenvalue weighted by atomic mass is 32.1. The molecule has 7 heteroatoms. The highest BCUT2D eigenvalue weighted by molar-refractivity contribution is 7.13. The van der Waals surface area contributed by atoms with Gasteiger partial charge in [-0.1, -0.05) is 12.1 Å². The molecule has 140 valence electrons. The fourth-order valence-electron chi connectivity index (χ4n) is 3.40. The predicted molar refractivity (Wildman–Crippen MR) is 106 cm³/mol. The van der Waals surface area contributed by atoms with E-state index in [1.165, 1.54) is 10.7 Å². The zero-order chi connectivity index (χ0) is 18.7. The van der Waals surface area contributed by atoms with Crippen LogP contribution >= 0.6 is 11.3 Å². The van der Waals surface area contributed by atoms with E-state index in [-0.39, 0.29) is 12.1 Å². The minimum absolute atomic E-state index is 0.181. The third-order valence-electron chi connectivity index (χ3n) is 4.98. The van der Waals surface area contributed by atoms with Crippen molar-refractivity contribution in [2.45, 2.75) is 31.5 Å². The van der Waals surface area contributed by atoms with Crippen molar-refractivity contribution < 1.29 is 5.11 Å². The first-order valence-corrected chi connectivity index (χ1v) is 9.96. The fraction of sp³-hybridized carbons (Fsp3) is 0.350. The molecule has 3 aromatic heterocycles. The first-order valence-electron chi connectivity index (χ1n) is 9.08. The van der Waals surface area contributed by atoms with Crippen LogP contribution in [0.5, 0.6) is 0 Å². The van der Waals surface area contributed by atoms with Crippen LogP contribution in [0.1, 0.15) is 18.5 Å². The van der Waals surface area contributed by atoms with Crippen LogP contribution in [0, 0.1) is 0 Å². The number of likely N-dealkylation sites (tertiary alicyclic amines) is 1. The van der Waals surface area contributed by atoms with Gasteiger partial charge >= 0.3 is 0 Å². The molecule has 0 saturated carbocycles. The molecule has 4 heterocycles. The molecule has 6 nitrogen and oxygen atoms in total. The average Bonchev–Trinajstić information content (AvgIpc) is 3.21. The molecule has 0 atom stereocenters. The van der Waals surface area contributed by atoms with E-state index >= 15 is 0 Å². The molecule has 0 unspecified atom stereocenters. The maximum absolute atomic E-state index is 12.2. The van der Waals surface area contributed by atoms with E-state index in [0.29, 0.717) is 12.8 Å². The summed E-state index contributed by atoms with van der Waals surface area (Å²) in [6.07, 6.45) is 3.02. The van der Waals surface area contributed by atoms with E-state index in [1.54, 1.807) is 23.6 Å². The second-order valence-corrected chi connectivity index (χ2v) is 7.96. The molecule has 1 saturated heterocycles. The number of thiophene rings is 1. The Morgan fingerprint density at radius 1 is 1.11 bits per heavy atom. The van der Waals surface area contributed by atoms with Crippen LogP contribution in [-0.4, -0.2) is 43.5 Å². The maximum atomic E-state index is 12.2. The standard InChI is InChI=1S/C20H22N4O2S/c25-19-7-6-17(18-5-3-13-27-18)22-24(19)15-20(26)8-11-23(12-9-20)14-16-4-1-2-10-21-16/h1-7,10,13,26H,8-9,11-12,14-15H2. The number of rotatable bonds is 5. The van der Waals surface area contributed by atoms with Crippen molar-refractivity contribution >= 4 is 11.3 Å². The number of pyridine rings is 1. The summed E-state index contributed by atoms with van der Waals surface area (Å²) in [6.45, 7) is 2.55. The van der Waals surface area contributed by atoms with Crippen LogP contribution in [0.4, 0.5) is 0 Å². The minimum Gasteiger partial charge on any atom is -0.388 e. The molecule has 1 aliphatic heterocycles. The molecular formula is C20H22N4O2S. The summed E-state index contributed by atoms with van der Waals surface area (Å²) in [5.74, 6) is 0. The van der Waals surface area contributed by atoms with Crippen molar-refractivity contribution in [2.75, 3.05) is 13.1 Å². The summed E-state index contributed by atoms with van der Waals surface area (Å²) >= 11 is 1.58. The van der Waals surface area contributed by atoms with Gasteiger partial charge in [-0.05, 0) is 42.5 Å². The molecule has 0 bridgehead atoms. The quantitative estimate of drug-likeness (QED) is 0.734. The van der Waals surface area contributed by atoms with E-state index in [1.807, 2.05) is 35.7 Å². The average molecular weight is 382 g/mol. The van der Waals surface area contributed by atoms with Crippen molar-refractivity contribution in [1.82, 2.24) is 19.7 Å². The molecule has 27 heavy (non-hydrogen) atoms. The van der Waals surface area contributed by atoms with Gasteiger partial charge in [0.15, 0.2) is 0 Å². The summed E-state index contributed by atoms with van der Waals surface area (Å²) < 4.78 is 1.41. The monoisotopic (exact) mass is 382 g/mol. The van der Waals surface area contributed by atoms with Gasteiger partial charge in [0.25, 0.3) is 5.56 Å². The maximum Gasteiger partial charge on any atom is 0.266 e. The van der Waals surface area contributed by atoms with Gasteiger partial charge in [-0.25, -0.2) is 4.68 Å². The Bertz CT molecular complexity index is 932. The normalized spacial score (nSPS) is 17.1. The third-order valence-corrected chi connectivity index (χ3v) is 5.88. The van der Waals surface area contributed by atoms with Crippen LogP contribution in [0.3, 0.4) is 0 Å². The molecule has 1 N–H and O–H groups in total. The molecule has 0 spiro atoms. The number of aromatic nitrogens is 3. The Hall–Kier alpha value is -2.35. The molecule has 0 aromatic carbocycles. The lowest BCUT2D eigenvalue weighted by molar-refractivity contribution is -0.0391. The summed E-state index contributed by atoms with van der Waals surface area (Å²) in [5, 5.41) is 17.5. The number of piperidine rings is 1. The second kappa shape index (κ2) is 7.72. The summed E-state index contributed by atoms with van der Waals surface area (Å²) in [4.78, 5) is 19.9. The Morgan fingerprint density at radius 2 is 1.96 bits per heavy atom. The van der Waals surface area contributed by atoms with Gasteiger partial charge < -0.3 is 5.11 Å². The predicted octanol–water partition coefficient (Wildman–Crippen LogP) is 2.39. The van der Waals surface area contributed by atoms with Gasteiger partial charge in [0.05, 0.1) is 22.7 Å². The number of aliphatic hydroxyl groups is 1. The van der Waals surface area contributed by atoms with Crippen LogP contribution < -0.4 is 5.56 Å². The SMILES string of the molecule is O=c1ccc(-c2cccs2)nn1CC1(O)CCN(Cc2ccccn2)CC1. The zero-order valence-electron chi connectivity index (χ0n) is 15.0. The van der Waals surface area contributed by atoms with Crippen LogP contribution in [0.15, 0.2) is 58.8 Å². The molecule has 0 radical (unpaired) electrons. The van der Waals surface area contributed by atoms with Crippen LogP contribution in [-0.2, 0) is 13.1 Å². The molecule has 0 aliphatic carbocycles. The van der Waals surface area contributed by atoms with Crippen LogP contribution in [0.2, 0.25) is 0 Å². The van der Waals surface area contributed by atoms with Crippen molar-refractivity contribution in [3.63, 3.8) is 0 Å². The van der Waals surface area contributed by atoms with Gasteiger partial charge in [0.1, 0.15) is 5.69 Å². The Kier molecular flexibility index (Phi) is 5.15. The van der Waals surface area contributed by atoms with Gasteiger partial charge in [-0.3, -0.25) is 14.7 Å². The van der Waals surface area contributed by atoms with Gasteiger partial charge in [-0.2, -0.15) is 5.10 Å². The molecule has 3 aromatic rings. The Morgan fingerprint density at radius 3 is 2.67 bits per heavy atom. The molecular weight excluding hydrogens is 360 g/mol. The smallest absolute Gasteiger partial charge is 0.266 e. The lowest BCUT2D eigenvalue weighted by atomic mass is 9.91. The number of nitrogens with zero attached hydrogens (tertiary/aromatic N) is 4. The Balaban J connectivity index is 1.43. The topological polar surface area (TPSA) is 71.2 Å². The Labute approximate surface area is 161 Å². The summed E-state index contributed by atoms with van der Waals surface area (Å²) in [6, 6.07) is 13.1. The fourth-order valence-corrected chi connectivity index (χ4v) is 4.09. The lowest BCUT2D eigenvalue weighted by Crippen LogP contribution is -2.48. The van der Waals surface area contributed by atoms with Crippen molar-refractivity contribution in [3.05, 3.63) is 70.1 Å². The van der Waals surface area contributed by atoms with Crippen molar-refractivity contribution in [3.8, 4) is 10.6 Å². The van der Waals surface area contributed by atoms with E-state index in [4.69, 9.17) is 0 Å². The molecule has 1 aliphatic rings. The third kappa shape index (κ3) is 4.32. The number of hydrogen-bond acceptors (Lipinski definition) is 6. The highest BCUT2D eigenvalue weighted by Gasteiger charge is 2.33. The van der Waals surface area contributed by atoms with Crippen molar-refractivity contribution in [2.24, 2.45) is 0 Å². The van der Waals surface area contributed by atoms with Gasteiger partial charge in [-0.15, -0.1) is 11.3 Å². The molecule has 0 amide bonds. The zero-order valence-corrected chi connectivity index (χ0v) is 15.8. The van der Waals surface area contributed by atoms with Crippen molar-refractivity contribution in [1.29, 1.82) is 0 Å². The molecule has 4 rings (SSSR count). The summed E-state index contributed by atoms with van der Waals surface area (Å²) in [5.41, 5.74) is 0.704. The van der Waals surface area contributed by atoms with E-state index in [2.05, 4.69) is 15.0 Å². The highest BCUT2D eigenvalue weighted by Crippen LogP contribution is 2.25. The largest absolute Gasteiger partial charge is 0.388 e. The summed E-state index contributed by atoms with van der Waals surface area (Å²) in [7, 11) is 0. The van der Waals surface area contributed by atoms with E-state index in [0.717, 1.165) is 35.9 Å². The van der Waals surface area contributed by atoms with Crippen LogP contribution in [0.25, 0.3) is 10.6 Å². The first-order chi connectivity index (χ1) is 13.1. The lowest BCUT2D eigenvalue weighted by Gasteiger charge is -2.38. The first kappa shape index (κ1) is 18.0. The molecule has 1 fully saturated rings. The number of hydrogen-bond donors (Lipinski definition) is 1.